The van der Waals surface area contributed by atoms with Crippen molar-refractivity contribution in [3.8, 4) is 0 Å². The van der Waals surface area contributed by atoms with Crippen molar-refractivity contribution >= 4 is 5.97 Å². The largest absolute Gasteiger partial charge is 0.480 e. The van der Waals surface area contributed by atoms with Crippen LogP contribution in [0.5, 0.6) is 0 Å². The van der Waals surface area contributed by atoms with Crippen LogP contribution in [-0.4, -0.2) is 73.7 Å². The fraction of sp³-hybridized carbons (Fsp3) is 0.938. The topological polar surface area (TPSA) is 55.8 Å². The highest BCUT2D eigenvalue weighted by Gasteiger charge is 2.30. The highest BCUT2D eigenvalue weighted by molar-refractivity contribution is 5.78. The summed E-state index contributed by atoms with van der Waals surface area (Å²) in [6, 6.07) is 0. The molecule has 5 nitrogen and oxygen atoms in total. The Hall–Kier alpha value is -0.650. The van der Waals surface area contributed by atoms with E-state index in [2.05, 4.69) is 29.2 Å². The minimum atomic E-state index is -0.779. The van der Waals surface area contributed by atoms with Crippen LogP contribution in [0.3, 0.4) is 0 Å². The van der Waals surface area contributed by atoms with E-state index < -0.39 is 11.5 Å². The molecular weight excluding hydrogens is 266 g/mol. The number of aliphatic carboxylic acids is 1. The molecule has 1 rings (SSSR count). The lowest BCUT2D eigenvalue weighted by atomic mass is 9.94. The first kappa shape index (κ1) is 18.4. The van der Waals surface area contributed by atoms with Gasteiger partial charge < -0.3 is 20.2 Å². The first-order valence-electron chi connectivity index (χ1n) is 8.17. The Morgan fingerprint density at radius 2 is 1.95 bits per heavy atom. The van der Waals surface area contributed by atoms with Crippen molar-refractivity contribution in [2.75, 3.05) is 47.3 Å². The number of unbranched alkanes of at least 4 members (excludes halogenated alkanes) is 1. The Morgan fingerprint density at radius 1 is 1.33 bits per heavy atom. The van der Waals surface area contributed by atoms with Crippen molar-refractivity contribution < 1.29 is 9.90 Å². The lowest BCUT2D eigenvalue weighted by molar-refractivity contribution is -0.144. The minimum absolute atomic E-state index is 0.690. The molecule has 1 aliphatic heterocycles. The first-order valence-corrected chi connectivity index (χ1v) is 8.17. The highest BCUT2D eigenvalue weighted by atomic mass is 16.4. The second-order valence-electron chi connectivity index (χ2n) is 6.89. The number of carboxylic acids is 1. The van der Waals surface area contributed by atoms with Gasteiger partial charge in [0, 0.05) is 6.54 Å². The van der Waals surface area contributed by atoms with Crippen molar-refractivity contribution in [1.29, 1.82) is 0 Å². The van der Waals surface area contributed by atoms with Gasteiger partial charge >= 0.3 is 5.97 Å². The van der Waals surface area contributed by atoms with Crippen LogP contribution in [0.1, 0.15) is 39.0 Å². The number of hydrogen-bond acceptors (Lipinski definition) is 4. The van der Waals surface area contributed by atoms with Gasteiger partial charge in [0.1, 0.15) is 5.54 Å². The number of likely N-dealkylation sites (tertiary alicyclic amines) is 1. The summed E-state index contributed by atoms with van der Waals surface area (Å²) in [5.41, 5.74) is -0.779. The molecule has 0 aliphatic carbocycles. The zero-order valence-electron chi connectivity index (χ0n) is 14.2. The number of hydrogen-bond donors (Lipinski definition) is 2. The molecule has 0 aromatic carbocycles. The van der Waals surface area contributed by atoms with E-state index in [1.54, 1.807) is 14.0 Å². The van der Waals surface area contributed by atoms with Crippen molar-refractivity contribution in [3.05, 3.63) is 0 Å². The Balaban J connectivity index is 2.16. The second-order valence-corrected chi connectivity index (χ2v) is 6.89. The quantitative estimate of drug-likeness (QED) is 0.632. The minimum Gasteiger partial charge on any atom is -0.480 e. The average molecular weight is 299 g/mol. The van der Waals surface area contributed by atoms with Crippen LogP contribution in [0.4, 0.5) is 0 Å². The third-order valence-corrected chi connectivity index (χ3v) is 4.76. The molecule has 0 spiro atoms. The molecule has 0 aromatic heterocycles. The fourth-order valence-electron chi connectivity index (χ4n) is 3.06. The Bertz CT molecular complexity index is 315. The summed E-state index contributed by atoms with van der Waals surface area (Å²) < 4.78 is 0. The normalized spacial score (nSPS) is 20.6. The first-order chi connectivity index (χ1) is 9.87. The van der Waals surface area contributed by atoms with Gasteiger partial charge in [0.2, 0.25) is 0 Å². The van der Waals surface area contributed by atoms with E-state index >= 15 is 0 Å². The Morgan fingerprint density at radius 3 is 2.43 bits per heavy atom. The molecule has 5 heteroatoms. The summed E-state index contributed by atoms with van der Waals surface area (Å²) in [5.74, 6) is 0.0883. The number of likely N-dealkylation sites (N-methyl/N-ethyl adjacent to an activating group) is 1. The van der Waals surface area contributed by atoms with Gasteiger partial charge in [0.15, 0.2) is 0 Å². The summed E-state index contributed by atoms with van der Waals surface area (Å²) in [6.07, 6.45) is 5.32. The number of carboxylic acid groups (broad SMARTS) is 1. The Labute approximate surface area is 129 Å². The van der Waals surface area contributed by atoms with Crippen LogP contribution >= 0.6 is 0 Å². The summed E-state index contributed by atoms with van der Waals surface area (Å²) in [7, 11) is 6.02. The zero-order valence-corrected chi connectivity index (χ0v) is 14.2. The van der Waals surface area contributed by atoms with Crippen molar-refractivity contribution in [2.24, 2.45) is 5.92 Å². The van der Waals surface area contributed by atoms with Crippen molar-refractivity contribution in [1.82, 2.24) is 15.1 Å². The smallest absolute Gasteiger partial charge is 0.323 e. The van der Waals surface area contributed by atoms with Crippen molar-refractivity contribution in [2.45, 2.75) is 44.6 Å². The maximum atomic E-state index is 11.2. The monoisotopic (exact) mass is 299 g/mol. The molecule has 0 bridgehead atoms. The van der Waals surface area contributed by atoms with Gasteiger partial charge in [-0.1, -0.05) is 0 Å². The summed E-state index contributed by atoms with van der Waals surface area (Å²) >= 11 is 0. The zero-order chi connectivity index (χ0) is 15.9. The predicted molar refractivity (Wildman–Crippen MR) is 86.7 cm³/mol. The van der Waals surface area contributed by atoms with E-state index in [-0.39, 0.29) is 0 Å². The van der Waals surface area contributed by atoms with Gasteiger partial charge in [-0.15, -0.1) is 0 Å². The molecule has 0 radical (unpaired) electrons. The van der Waals surface area contributed by atoms with E-state index in [0.717, 1.165) is 25.3 Å². The van der Waals surface area contributed by atoms with Crippen LogP contribution in [0.2, 0.25) is 0 Å². The van der Waals surface area contributed by atoms with Gasteiger partial charge in [0.25, 0.3) is 0 Å². The maximum absolute atomic E-state index is 11.2. The van der Waals surface area contributed by atoms with Crippen LogP contribution in [0, 0.1) is 5.92 Å². The third-order valence-electron chi connectivity index (χ3n) is 4.76. The number of carbonyl (C=O) groups is 1. The summed E-state index contributed by atoms with van der Waals surface area (Å²) in [4.78, 5) is 16.0. The lowest BCUT2D eigenvalue weighted by Crippen LogP contribution is -2.47. The van der Waals surface area contributed by atoms with E-state index in [1.165, 1.54) is 32.5 Å². The van der Waals surface area contributed by atoms with Gasteiger partial charge in [-0.3, -0.25) is 4.79 Å². The van der Waals surface area contributed by atoms with Crippen LogP contribution in [0.25, 0.3) is 0 Å². The third kappa shape index (κ3) is 6.32. The van der Waals surface area contributed by atoms with Gasteiger partial charge in [-0.2, -0.15) is 0 Å². The maximum Gasteiger partial charge on any atom is 0.323 e. The summed E-state index contributed by atoms with van der Waals surface area (Å²) in [6.45, 7) is 6.46. The molecule has 0 aromatic rings. The molecule has 1 heterocycles. The highest BCUT2D eigenvalue weighted by Crippen LogP contribution is 2.19. The summed E-state index contributed by atoms with van der Waals surface area (Å²) in [5, 5.41) is 12.1. The van der Waals surface area contributed by atoms with E-state index in [0.29, 0.717) is 6.42 Å². The number of rotatable bonds is 9. The molecule has 1 unspecified atom stereocenters. The molecule has 1 saturated heterocycles. The number of nitrogens with one attached hydrogen (secondary N) is 1. The number of nitrogens with zero attached hydrogens (tertiary/aromatic N) is 2. The fourth-order valence-corrected chi connectivity index (χ4v) is 3.06. The van der Waals surface area contributed by atoms with Gasteiger partial charge in [-0.25, -0.2) is 0 Å². The Kier molecular flexibility index (Phi) is 7.63. The molecule has 2 N–H and O–H groups in total. The standard InChI is InChI=1S/C16H33N3O2/c1-16(17-2,15(20)21)9-5-6-10-19-11-7-14(8-12-19)13-18(3)4/h14,17H,5-13H2,1-4H3,(H,20,21). The molecule has 0 saturated carbocycles. The lowest BCUT2D eigenvalue weighted by Gasteiger charge is -2.33. The van der Waals surface area contributed by atoms with Gasteiger partial charge in [-0.05, 0) is 85.7 Å². The van der Waals surface area contributed by atoms with Crippen LogP contribution in [0.15, 0.2) is 0 Å². The molecule has 1 atom stereocenters. The SMILES string of the molecule is CNC(C)(CCCCN1CCC(CN(C)C)CC1)C(=O)O. The molecular formula is C16H33N3O2. The van der Waals surface area contributed by atoms with Gasteiger partial charge in [0.05, 0.1) is 0 Å². The van der Waals surface area contributed by atoms with Crippen LogP contribution in [-0.2, 0) is 4.79 Å². The second kappa shape index (κ2) is 8.71. The average Bonchev–Trinajstić information content (AvgIpc) is 2.44. The van der Waals surface area contributed by atoms with Crippen LogP contribution < -0.4 is 5.32 Å². The van der Waals surface area contributed by atoms with E-state index in [9.17, 15) is 9.90 Å². The molecule has 21 heavy (non-hydrogen) atoms. The van der Waals surface area contributed by atoms with Crippen molar-refractivity contribution in [3.63, 3.8) is 0 Å². The number of piperidine rings is 1. The van der Waals surface area contributed by atoms with E-state index in [1.807, 2.05) is 0 Å². The van der Waals surface area contributed by atoms with E-state index in [4.69, 9.17) is 0 Å². The molecule has 0 amide bonds. The predicted octanol–water partition coefficient (Wildman–Crippen LogP) is 1.49. The molecule has 1 fully saturated rings. The molecule has 1 aliphatic rings. The molecule has 124 valence electrons.